The van der Waals surface area contributed by atoms with Crippen LogP contribution in [0.15, 0.2) is 76.6 Å². The molecule has 7 aliphatic rings. The maximum Gasteiger partial charge on any atom is 0.343 e. The van der Waals surface area contributed by atoms with E-state index in [0.29, 0.717) is 47.4 Å². The Kier molecular flexibility index (Phi) is 14.4. The van der Waals surface area contributed by atoms with Gasteiger partial charge in [-0.2, -0.15) is 10.1 Å². The van der Waals surface area contributed by atoms with Crippen molar-refractivity contribution >= 4 is 35.4 Å². The number of allylic oxidation sites excluding steroid dienone is 4. The predicted molar refractivity (Wildman–Crippen MR) is 269 cm³/mol. The van der Waals surface area contributed by atoms with E-state index in [4.69, 9.17) is 28.7 Å². The normalized spacial score (nSPS) is 31.2. The van der Waals surface area contributed by atoms with Crippen molar-refractivity contribution in [1.29, 1.82) is 0 Å². The molecular weight excluding hydrogens is 955 g/mol. The number of carbonyl (C=O) groups is 3. The third kappa shape index (κ3) is 8.88. The van der Waals surface area contributed by atoms with Crippen molar-refractivity contribution in [3.8, 4) is 23.0 Å². The number of benzene rings is 2. The third-order valence-electron chi connectivity index (χ3n) is 15.5. The molecule has 7 unspecified atom stereocenters. The van der Waals surface area contributed by atoms with Crippen LogP contribution in [0, 0.1) is 23.7 Å². The highest BCUT2D eigenvalue weighted by Crippen LogP contribution is 2.68. The summed E-state index contributed by atoms with van der Waals surface area (Å²) in [6.07, 6.45) is 4.91. The first-order chi connectivity index (χ1) is 35.2. The van der Waals surface area contributed by atoms with E-state index in [2.05, 4.69) is 21.5 Å². The van der Waals surface area contributed by atoms with Crippen LogP contribution in [0.25, 0.3) is 6.08 Å². The Bertz CT molecular complexity index is 2860. The second kappa shape index (κ2) is 20.2. The van der Waals surface area contributed by atoms with Crippen LogP contribution in [0.5, 0.6) is 23.0 Å². The summed E-state index contributed by atoms with van der Waals surface area (Å²) in [4.78, 5) is 53.2. The van der Waals surface area contributed by atoms with Crippen molar-refractivity contribution in [2.75, 3.05) is 19.8 Å². The zero-order valence-corrected chi connectivity index (χ0v) is 42.9. The molecule has 4 aliphatic heterocycles. The molecule has 3 aliphatic carbocycles. The topological polar surface area (TPSA) is 274 Å². The molecule has 19 nitrogen and oxygen atoms in total. The smallest absolute Gasteiger partial charge is 0.343 e. The fourth-order valence-electron chi connectivity index (χ4n) is 11.7. The number of ketones is 1. The Morgan fingerprint density at radius 3 is 2.38 bits per heavy atom. The molecule has 74 heavy (non-hydrogen) atoms. The lowest BCUT2D eigenvalue weighted by molar-refractivity contribution is -0.277. The van der Waals surface area contributed by atoms with Gasteiger partial charge in [-0.25, -0.2) is 14.5 Å². The van der Waals surface area contributed by atoms with Gasteiger partial charge in [-0.05, 0) is 110 Å². The van der Waals surface area contributed by atoms with Crippen LogP contribution in [-0.4, -0.2) is 136 Å². The van der Waals surface area contributed by atoms with Gasteiger partial charge in [-0.3, -0.25) is 9.59 Å². The maximum atomic E-state index is 15.4. The van der Waals surface area contributed by atoms with Crippen LogP contribution in [0.2, 0.25) is 0 Å². The van der Waals surface area contributed by atoms with Gasteiger partial charge in [0, 0.05) is 35.9 Å². The number of Topliss-reactive ketones (excluding diaryl/α,β-unsaturated/α-hetero) is 1. The van der Waals surface area contributed by atoms with Crippen LogP contribution in [0.1, 0.15) is 114 Å². The number of hydrogen-bond acceptors (Lipinski definition) is 17. The molecule has 7 N–H and O–H groups in total. The molecule has 3 saturated carbocycles. The monoisotopic (exact) mass is 1020 g/mol. The zero-order chi connectivity index (χ0) is 53.2. The summed E-state index contributed by atoms with van der Waals surface area (Å²) in [5.41, 5.74) is -0.725. The van der Waals surface area contributed by atoms with E-state index in [0.717, 1.165) is 11.1 Å². The fourth-order valence-corrected chi connectivity index (χ4v) is 11.7. The summed E-state index contributed by atoms with van der Waals surface area (Å²) in [6.45, 7) is 14.7. The molecule has 3 aromatic rings. The summed E-state index contributed by atoms with van der Waals surface area (Å²) < 4.78 is 34.5. The number of rotatable bonds is 16. The van der Waals surface area contributed by atoms with Crippen LogP contribution < -0.4 is 24.3 Å². The van der Waals surface area contributed by atoms with E-state index in [1.807, 2.05) is 66.7 Å². The first kappa shape index (κ1) is 52.8. The van der Waals surface area contributed by atoms with E-state index in [1.54, 1.807) is 17.7 Å². The quantitative estimate of drug-likeness (QED) is 0.0448. The van der Waals surface area contributed by atoms with E-state index in [9.17, 15) is 40.2 Å². The second-order valence-corrected chi connectivity index (χ2v) is 21.4. The number of fused-ring (bicyclic) bond motifs is 6. The number of aliphatic hydroxyl groups excluding tert-OH is 5. The molecule has 1 aromatic heterocycles. The van der Waals surface area contributed by atoms with Crippen molar-refractivity contribution in [1.82, 2.24) is 20.1 Å². The number of carbonyl (C=O) groups excluding carboxylic acids is 3. The van der Waals surface area contributed by atoms with E-state index < -0.39 is 95.6 Å². The average molecular weight is 1020 g/mol. The summed E-state index contributed by atoms with van der Waals surface area (Å²) in [5.74, 6) is -3.12. The molecule has 12 atom stereocenters. The molecule has 396 valence electrons. The third-order valence-corrected chi connectivity index (χ3v) is 15.5. The number of aliphatic hydroxyl groups is 6. The van der Waals surface area contributed by atoms with Gasteiger partial charge in [0.15, 0.2) is 22.7 Å². The van der Waals surface area contributed by atoms with Gasteiger partial charge in [0.2, 0.25) is 18.1 Å². The fraction of sp³-hybridized carbons (Fsp3) is 0.527. The van der Waals surface area contributed by atoms with Crippen LogP contribution in [-0.2, 0) is 20.7 Å². The molecule has 5 heterocycles. The molecule has 2 bridgehead atoms. The van der Waals surface area contributed by atoms with Crippen molar-refractivity contribution in [2.45, 2.75) is 141 Å². The first-order valence-electron chi connectivity index (χ1n) is 25.4. The number of esters is 1. The van der Waals surface area contributed by atoms with Gasteiger partial charge in [0.1, 0.15) is 53.6 Å². The minimum atomic E-state index is -2.25. The first-order valence-corrected chi connectivity index (χ1v) is 25.4. The van der Waals surface area contributed by atoms with Crippen molar-refractivity contribution in [2.24, 2.45) is 28.7 Å². The summed E-state index contributed by atoms with van der Waals surface area (Å²) >= 11 is 0. The van der Waals surface area contributed by atoms with Gasteiger partial charge in [-0.15, -0.1) is 0 Å². The molecular formula is C55H67N5O14. The lowest BCUT2D eigenvalue weighted by Gasteiger charge is -2.67. The SMILES string of the molecule is CC(C)=CCCC1(C)C=Cc2c(c(CC=C(C)C)c3c(c2OC(=O)c2ccc(O[C@H]4O[C@@H](CO)[C@H](O)[C@@H](O)[C@@H]4O)cc2)C2=Nc4ncnn4C4C5CC(C(C)C)C(O3)(C24)C(O)(CC=C(C)C(=O)NCCO)C5=O)O1. The lowest BCUT2D eigenvalue weighted by Crippen LogP contribution is -2.82. The number of nitrogens with one attached hydrogen (secondary N) is 1. The number of aliphatic imine (C=N–C) groups is 1. The minimum absolute atomic E-state index is 0.0145. The predicted octanol–water partition coefficient (Wildman–Crippen LogP) is 4.57. The molecule has 10 rings (SSSR count). The van der Waals surface area contributed by atoms with Gasteiger partial charge in [0.05, 0.1) is 47.6 Å². The molecule has 1 amide bonds. The number of nitrogens with zero attached hydrogens (tertiary/aromatic N) is 4. The van der Waals surface area contributed by atoms with Crippen LogP contribution in [0.3, 0.4) is 0 Å². The number of hydrogen-bond donors (Lipinski definition) is 7. The van der Waals surface area contributed by atoms with E-state index >= 15 is 4.79 Å². The second-order valence-electron chi connectivity index (χ2n) is 21.4. The van der Waals surface area contributed by atoms with Crippen molar-refractivity contribution in [3.63, 3.8) is 0 Å². The standard InChI is InChI=1S/C55H67N5O14/c1-27(2)10-9-19-53(8)20-18-34-45(73-53)33(16-11-28(3)4)47-38(46(34)72-50(68)31-12-14-32(15-13-31)70-51-44(65)43(64)42(63)37(25-62)71-51)40-39-41(60-52(59-40)57-26-58-60)35-24-36(29(5)6)55(39,74-47)54(69,48(35)66)21-17-30(7)49(67)56-22-23-61/h10-15,17-18,20,26,29,35-37,39,41-44,51,61-65,69H,9,16,19,21-25H2,1-8H3,(H,56,67)/t35?,36?,37-,39?,41?,42-,43+,44-,51-,53?,54?,55?/m0/s1. The highest BCUT2D eigenvalue weighted by molar-refractivity contribution is 6.14. The Hall–Kier alpha value is -6.06. The molecule has 19 heteroatoms. The largest absolute Gasteiger partial charge is 0.482 e. The van der Waals surface area contributed by atoms with Gasteiger partial charge in [0.25, 0.3) is 0 Å². The van der Waals surface area contributed by atoms with Crippen LogP contribution >= 0.6 is 0 Å². The van der Waals surface area contributed by atoms with Crippen LogP contribution in [0.4, 0.5) is 5.95 Å². The summed E-state index contributed by atoms with van der Waals surface area (Å²) in [5, 5.41) is 71.3. The summed E-state index contributed by atoms with van der Waals surface area (Å²) in [7, 11) is 0. The highest BCUT2D eigenvalue weighted by Gasteiger charge is 2.79. The highest BCUT2D eigenvalue weighted by atomic mass is 16.7. The lowest BCUT2D eigenvalue weighted by atomic mass is 9.43. The summed E-state index contributed by atoms with van der Waals surface area (Å²) in [6, 6.07) is 5.03. The van der Waals surface area contributed by atoms with Gasteiger partial charge >= 0.3 is 5.97 Å². The molecule has 1 saturated heterocycles. The van der Waals surface area contributed by atoms with Gasteiger partial charge < -0.3 is 59.6 Å². The Labute approximate surface area is 429 Å². The maximum absolute atomic E-state index is 15.4. The molecule has 1 spiro atoms. The zero-order valence-electron chi connectivity index (χ0n) is 42.9. The van der Waals surface area contributed by atoms with Crippen molar-refractivity contribution in [3.05, 3.63) is 93.9 Å². The number of ether oxygens (including phenoxy) is 5. The average Bonchev–Trinajstić information content (AvgIpc) is 3.88. The number of amides is 1. The van der Waals surface area contributed by atoms with Gasteiger partial charge in [-0.1, -0.05) is 43.2 Å². The molecule has 0 radical (unpaired) electrons. The Morgan fingerprint density at radius 1 is 0.973 bits per heavy atom. The van der Waals surface area contributed by atoms with E-state index in [-0.39, 0.29) is 66.2 Å². The Morgan fingerprint density at radius 2 is 1.70 bits per heavy atom. The minimum Gasteiger partial charge on any atom is -0.482 e. The van der Waals surface area contributed by atoms with E-state index in [1.165, 1.54) is 30.6 Å². The molecule has 4 fully saturated rings. The van der Waals surface area contributed by atoms with Crippen molar-refractivity contribution < 1.29 is 68.7 Å². The number of aromatic nitrogens is 3. The molecule has 2 aromatic carbocycles. The Balaban J connectivity index is 1.24.